The van der Waals surface area contributed by atoms with Crippen molar-refractivity contribution in [2.75, 3.05) is 19.8 Å². The van der Waals surface area contributed by atoms with E-state index in [1.165, 1.54) is 0 Å². The van der Waals surface area contributed by atoms with Crippen molar-refractivity contribution < 1.29 is 4.74 Å². The lowest BCUT2D eigenvalue weighted by Crippen LogP contribution is -2.28. The molecule has 0 aromatic rings. The lowest BCUT2D eigenvalue weighted by molar-refractivity contribution is 0.144. The van der Waals surface area contributed by atoms with Gasteiger partial charge in [-0.15, -0.1) is 6.42 Å². The van der Waals surface area contributed by atoms with Crippen molar-refractivity contribution in [3.63, 3.8) is 0 Å². The third kappa shape index (κ3) is 7.83. The summed E-state index contributed by atoms with van der Waals surface area (Å²) in [4.78, 5) is 0. The van der Waals surface area contributed by atoms with E-state index in [1.54, 1.807) is 0 Å². The first-order valence-electron chi connectivity index (χ1n) is 5.12. The van der Waals surface area contributed by atoms with Crippen molar-refractivity contribution >= 4 is 0 Å². The molecule has 0 saturated heterocycles. The van der Waals surface area contributed by atoms with Crippen molar-refractivity contribution in [3.05, 3.63) is 0 Å². The standard InChI is InChI=1S/C11H21NO/c1-4-8-11(5-2)12-9-7-10-13-6-3/h2,11-12H,4,6-10H2,1,3H3. The van der Waals surface area contributed by atoms with Gasteiger partial charge in [0.05, 0.1) is 6.04 Å². The second kappa shape index (κ2) is 9.57. The normalized spacial score (nSPS) is 12.4. The van der Waals surface area contributed by atoms with E-state index in [1.807, 2.05) is 6.92 Å². The summed E-state index contributed by atoms with van der Waals surface area (Å²) in [5.41, 5.74) is 0. The van der Waals surface area contributed by atoms with Gasteiger partial charge in [-0.3, -0.25) is 0 Å². The van der Waals surface area contributed by atoms with E-state index in [9.17, 15) is 0 Å². The Morgan fingerprint density at radius 3 is 2.77 bits per heavy atom. The van der Waals surface area contributed by atoms with Crippen LogP contribution in [0.1, 0.15) is 33.1 Å². The molecule has 1 atom stereocenters. The van der Waals surface area contributed by atoms with Crippen molar-refractivity contribution in [2.45, 2.75) is 39.2 Å². The van der Waals surface area contributed by atoms with Gasteiger partial charge in [-0.05, 0) is 26.3 Å². The Hall–Kier alpha value is -0.520. The molecule has 0 saturated carbocycles. The van der Waals surface area contributed by atoms with Gasteiger partial charge in [0, 0.05) is 13.2 Å². The highest BCUT2D eigenvalue weighted by Gasteiger charge is 2.00. The van der Waals surface area contributed by atoms with Crippen molar-refractivity contribution in [1.82, 2.24) is 5.32 Å². The third-order valence-electron chi connectivity index (χ3n) is 1.84. The first kappa shape index (κ1) is 12.5. The van der Waals surface area contributed by atoms with Crippen LogP contribution in [0.25, 0.3) is 0 Å². The maximum Gasteiger partial charge on any atom is 0.0686 e. The Kier molecular flexibility index (Phi) is 9.18. The van der Waals surface area contributed by atoms with Crippen molar-refractivity contribution in [3.8, 4) is 12.3 Å². The summed E-state index contributed by atoms with van der Waals surface area (Å²) in [6.45, 7) is 6.73. The first-order chi connectivity index (χ1) is 6.35. The highest BCUT2D eigenvalue weighted by Crippen LogP contribution is 1.94. The summed E-state index contributed by atoms with van der Waals surface area (Å²) >= 11 is 0. The molecule has 0 spiro atoms. The minimum atomic E-state index is 0.242. The molecule has 0 aromatic heterocycles. The Balaban J connectivity index is 3.24. The summed E-state index contributed by atoms with van der Waals surface area (Å²) in [7, 11) is 0. The second-order valence-electron chi connectivity index (χ2n) is 3.01. The van der Waals surface area contributed by atoms with Gasteiger partial charge >= 0.3 is 0 Å². The number of hydrogen-bond donors (Lipinski definition) is 1. The molecular weight excluding hydrogens is 162 g/mol. The van der Waals surface area contributed by atoms with E-state index in [0.29, 0.717) is 0 Å². The fourth-order valence-corrected chi connectivity index (χ4v) is 1.13. The van der Waals surface area contributed by atoms with Crippen molar-refractivity contribution in [1.29, 1.82) is 0 Å². The van der Waals surface area contributed by atoms with Crippen LogP contribution < -0.4 is 5.32 Å². The Morgan fingerprint density at radius 1 is 1.46 bits per heavy atom. The molecular formula is C11H21NO. The van der Waals surface area contributed by atoms with E-state index >= 15 is 0 Å². The molecule has 2 nitrogen and oxygen atoms in total. The number of ether oxygens (including phenoxy) is 1. The van der Waals surface area contributed by atoms with Crippen LogP contribution in [0.15, 0.2) is 0 Å². The number of nitrogens with one attached hydrogen (secondary N) is 1. The molecule has 0 aliphatic heterocycles. The molecule has 76 valence electrons. The molecule has 13 heavy (non-hydrogen) atoms. The predicted molar refractivity (Wildman–Crippen MR) is 56.6 cm³/mol. The molecule has 0 rings (SSSR count). The van der Waals surface area contributed by atoms with Gasteiger partial charge in [0.2, 0.25) is 0 Å². The monoisotopic (exact) mass is 183 g/mol. The number of rotatable bonds is 8. The zero-order chi connectivity index (χ0) is 9.94. The van der Waals surface area contributed by atoms with Gasteiger partial charge in [-0.2, -0.15) is 0 Å². The van der Waals surface area contributed by atoms with Gasteiger partial charge in [0.25, 0.3) is 0 Å². The molecule has 0 aliphatic carbocycles. The molecule has 0 aliphatic rings. The number of terminal acetylenes is 1. The van der Waals surface area contributed by atoms with E-state index in [2.05, 4.69) is 18.2 Å². The summed E-state index contributed by atoms with van der Waals surface area (Å²) < 4.78 is 5.22. The van der Waals surface area contributed by atoms with Crippen LogP contribution in [-0.4, -0.2) is 25.8 Å². The molecule has 1 N–H and O–H groups in total. The van der Waals surface area contributed by atoms with Gasteiger partial charge < -0.3 is 10.1 Å². The average molecular weight is 183 g/mol. The molecule has 0 radical (unpaired) electrons. The van der Waals surface area contributed by atoms with Crippen LogP contribution in [-0.2, 0) is 4.74 Å². The van der Waals surface area contributed by atoms with Gasteiger partial charge in [-0.1, -0.05) is 19.3 Å². The minimum Gasteiger partial charge on any atom is -0.382 e. The van der Waals surface area contributed by atoms with Crippen LogP contribution in [0.2, 0.25) is 0 Å². The van der Waals surface area contributed by atoms with Crippen molar-refractivity contribution in [2.24, 2.45) is 0 Å². The Bertz CT molecular complexity index is 140. The Morgan fingerprint density at radius 2 is 2.23 bits per heavy atom. The number of hydrogen-bond acceptors (Lipinski definition) is 2. The van der Waals surface area contributed by atoms with E-state index in [0.717, 1.165) is 39.0 Å². The summed E-state index contributed by atoms with van der Waals surface area (Å²) in [6, 6.07) is 0.242. The quantitative estimate of drug-likeness (QED) is 0.458. The third-order valence-corrected chi connectivity index (χ3v) is 1.84. The zero-order valence-electron chi connectivity index (χ0n) is 8.81. The molecule has 1 unspecified atom stereocenters. The predicted octanol–water partition coefficient (Wildman–Crippen LogP) is 1.80. The molecule has 0 amide bonds. The highest BCUT2D eigenvalue weighted by molar-refractivity contribution is 4.98. The van der Waals surface area contributed by atoms with Gasteiger partial charge in [-0.25, -0.2) is 0 Å². The Labute approximate surface area is 82.1 Å². The van der Waals surface area contributed by atoms with Crippen LogP contribution in [0.3, 0.4) is 0 Å². The minimum absolute atomic E-state index is 0.242. The lowest BCUT2D eigenvalue weighted by atomic mass is 10.2. The second-order valence-corrected chi connectivity index (χ2v) is 3.01. The highest BCUT2D eigenvalue weighted by atomic mass is 16.5. The fraction of sp³-hybridized carbons (Fsp3) is 0.818. The molecule has 0 fully saturated rings. The van der Waals surface area contributed by atoms with E-state index in [-0.39, 0.29) is 6.04 Å². The molecule has 0 heterocycles. The lowest BCUT2D eigenvalue weighted by Gasteiger charge is -2.11. The summed E-state index contributed by atoms with van der Waals surface area (Å²) in [6.07, 6.45) is 8.59. The fourth-order valence-electron chi connectivity index (χ4n) is 1.13. The van der Waals surface area contributed by atoms with E-state index in [4.69, 9.17) is 11.2 Å². The summed E-state index contributed by atoms with van der Waals surface area (Å²) in [5, 5.41) is 3.31. The maximum atomic E-state index is 5.36. The van der Waals surface area contributed by atoms with Crippen LogP contribution in [0.4, 0.5) is 0 Å². The van der Waals surface area contributed by atoms with Crippen LogP contribution >= 0.6 is 0 Å². The SMILES string of the molecule is C#CC(CCC)NCCCOCC. The van der Waals surface area contributed by atoms with Gasteiger partial charge in [0.1, 0.15) is 0 Å². The zero-order valence-corrected chi connectivity index (χ0v) is 8.81. The molecule has 2 heteroatoms. The maximum absolute atomic E-state index is 5.36. The van der Waals surface area contributed by atoms with Crippen LogP contribution in [0.5, 0.6) is 0 Å². The first-order valence-corrected chi connectivity index (χ1v) is 5.12. The summed E-state index contributed by atoms with van der Waals surface area (Å²) in [5.74, 6) is 2.74. The molecule has 0 aromatic carbocycles. The largest absolute Gasteiger partial charge is 0.382 e. The van der Waals surface area contributed by atoms with Gasteiger partial charge in [0.15, 0.2) is 0 Å². The van der Waals surface area contributed by atoms with E-state index < -0.39 is 0 Å². The van der Waals surface area contributed by atoms with Crippen LogP contribution in [0, 0.1) is 12.3 Å². The smallest absolute Gasteiger partial charge is 0.0686 e. The topological polar surface area (TPSA) is 21.3 Å². The average Bonchev–Trinajstić information content (AvgIpc) is 2.16. The molecule has 0 bridgehead atoms.